The number of amides is 1. The molecule has 1 fully saturated rings. The van der Waals surface area contributed by atoms with E-state index >= 15 is 0 Å². The van der Waals surface area contributed by atoms with Crippen LogP contribution in [-0.2, 0) is 26.8 Å². The number of nitrogen functional groups attached to an aromatic ring is 1. The summed E-state index contributed by atoms with van der Waals surface area (Å²) in [6.45, 7) is 0. The van der Waals surface area contributed by atoms with Crippen LogP contribution >= 0.6 is 0 Å². The van der Waals surface area contributed by atoms with Crippen LogP contribution in [0.1, 0.15) is 43.2 Å². The molecule has 3 N–H and O–H groups in total. The van der Waals surface area contributed by atoms with E-state index in [1.54, 1.807) is 36.4 Å². The van der Waals surface area contributed by atoms with Gasteiger partial charge in [-0.25, -0.2) is 8.42 Å². The Morgan fingerprint density at radius 2 is 1.70 bits per heavy atom. The van der Waals surface area contributed by atoms with Gasteiger partial charge in [0.2, 0.25) is 5.91 Å². The second-order valence-corrected chi connectivity index (χ2v) is 9.52. The Bertz CT molecular complexity index is 886. The summed E-state index contributed by atoms with van der Waals surface area (Å²) in [6, 6.07) is 14.3. The average molecular weight is 387 g/mol. The zero-order valence-electron chi connectivity index (χ0n) is 15.4. The Labute approximate surface area is 160 Å². The Morgan fingerprint density at radius 3 is 2.41 bits per heavy atom. The number of benzene rings is 2. The number of carbonyl (C=O) groups is 1. The summed E-state index contributed by atoms with van der Waals surface area (Å²) in [5, 5.41) is 2.62. The van der Waals surface area contributed by atoms with Crippen molar-refractivity contribution in [3.63, 3.8) is 0 Å². The van der Waals surface area contributed by atoms with Gasteiger partial charge in [0.05, 0.1) is 17.4 Å². The van der Waals surface area contributed by atoms with Crippen LogP contribution in [0.4, 0.5) is 11.4 Å². The molecule has 1 aliphatic carbocycles. The topological polar surface area (TPSA) is 89.3 Å². The minimum atomic E-state index is -3.16. The normalized spacial score (nSPS) is 15.4. The van der Waals surface area contributed by atoms with Gasteiger partial charge in [-0.3, -0.25) is 4.79 Å². The van der Waals surface area contributed by atoms with Gasteiger partial charge in [0.15, 0.2) is 9.84 Å². The highest BCUT2D eigenvalue weighted by Gasteiger charge is 2.27. The van der Waals surface area contributed by atoms with Gasteiger partial charge in [-0.1, -0.05) is 43.5 Å². The van der Waals surface area contributed by atoms with Crippen molar-refractivity contribution in [2.75, 3.05) is 11.1 Å². The lowest BCUT2D eigenvalue weighted by atomic mass is 10.0. The lowest BCUT2D eigenvalue weighted by molar-refractivity contribution is -0.115. The molecule has 0 saturated heterocycles. The molecule has 6 heteroatoms. The summed E-state index contributed by atoms with van der Waals surface area (Å²) in [5.41, 5.74) is 8.51. The quantitative estimate of drug-likeness (QED) is 0.741. The first-order chi connectivity index (χ1) is 12.9. The monoisotopic (exact) mass is 386 g/mol. The minimum Gasteiger partial charge on any atom is -0.399 e. The smallest absolute Gasteiger partial charge is 0.228 e. The molecular formula is C21H26N2O3S. The molecule has 0 heterocycles. The van der Waals surface area contributed by atoms with Crippen LogP contribution < -0.4 is 11.1 Å². The fourth-order valence-electron chi connectivity index (χ4n) is 3.54. The Balaban J connectivity index is 1.62. The highest BCUT2D eigenvalue weighted by molar-refractivity contribution is 7.91. The van der Waals surface area contributed by atoms with Gasteiger partial charge in [0.1, 0.15) is 0 Å². The van der Waals surface area contributed by atoms with Crippen molar-refractivity contribution in [3.05, 3.63) is 59.7 Å². The van der Waals surface area contributed by atoms with Gasteiger partial charge in [-0.2, -0.15) is 0 Å². The first-order valence-electron chi connectivity index (χ1n) is 9.37. The molecule has 0 radical (unpaired) electrons. The SMILES string of the molecule is Nc1ccc(CC(=O)Nc2cccc(CS(=O)(=O)C3CCCCC3)c2)cc1. The van der Waals surface area contributed by atoms with E-state index in [9.17, 15) is 13.2 Å². The second-order valence-electron chi connectivity index (χ2n) is 7.23. The molecule has 0 atom stereocenters. The lowest BCUT2D eigenvalue weighted by Crippen LogP contribution is -2.25. The standard InChI is InChI=1S/C21H26N2O3S/c22-18-11-9-16(10-12-18)14-21(24)23-19-6-4-5-17(13-19)15-27(25,26)20-7-2-1-3-8-20/h4-6,9-13,20H,1-3,7-8,14-15,22H2,(H,23,24). The summed E-state index contributed by atoms with van der Waals surface area (Å²) < 4.78 is 25.3. The summed E-state index contributed by atoms with van der Waals surface area (Å²) in [6.07, 6.45) is 4.88. The minimum absolute atomic E-state index is 0.0271. The maximum Gasteiger partial charge on any atom is 0.228 e. The molecule has 3 rings (SSSR count). The first-order valence-corrected chi connectivity index (χ1v) is 11.1. The molecule has 2 aromatic rings. The Kier molecular flexibility index (Phi) is 6.16. The molecule has 1 amide bonds. The molecule has 0 aromatic heterocycles. The maximum absolute atomic E-state index is 12.7. The predicted molar refractivity (Wildman–Crippen MR) is 109 cm³/mol. The highest BCUT2D eigenvalue weighted by Crippen LogP contribution is 2.26. The molecule has 1 aliphatic rings. The highest BCUT2D eigenvalue weighted by atomic mass is 32.2. The van der Waals surface area contributed by atoms with Crippen LogP contribution in [0.15, 0.2) is 48.5 Å². The molecule has 0 unspecified atom stereocenters. The zero-order chi connectivity index (χ0) is 19.3. The van der Waals surface area contributed by atoms with Crippen LogP contribution in [0, 0.1) is 0 Å². The van der Waals surface area contributed by atoms with Gasteiger partial charge < -0.3 is 11.1 Å². The maximum atomic E-state index is 12.7. The molecule has 0 spiro atoms. The van der Waals surface area contributed by atoms with Crippen LogP contribution in [0.2, 0.25) is 0 Å². The predicted octanol–water partition coefficient (Wildman–Crippen LogP) is 3.70. The van der Waals surface area contributed by atoms with E-state index in [2.05, 4.69) is 5.32 Å². The number of anilines is 2. The van der Waals surface area contributed by atoms with E-state index in [1.165, 1.54) is 0 Å². The van der Waals surface area contributed by atoms with Crippen molar-refractivity contribution in [2.45, 2.75) is 49.5 Å². The van der Waals surface area contributed by atoms with Gasteiger partial charge in [-0.15, -0.1) is 0 Å². The van der Waals surface area contributed by atoms with Gasteiger partial charge in [0, 0.05) is 11.4 Å². The summed E-state index contributed by atoms with van der Waals surface area (Å²) in [7, 11) is -3.16. The average Bonchev–Trinajstić information content (AvgIpc) is 2.64. The van der Waals surface area contributed by atoms with Crippen molar-refractivity contribution in [3.8, 4) is 0 Å². The Morgan fingerprint density at radius 1 is 1.00 bits per heavy atom. The van der Waals surface area contributed by atoms with E-state index in [4.69, 9.17) is 5.73 Å². The number of rotatable bonds is 6. The van der Waals surface area contributed by atoms with Gasteiger partial charge in [0.25, 0.3) is 0 Å². The van der Waals surface area contributed by atoms with E-state index in [0.29, 0.717) is 16.9 Å². The molecule has 0 aliphatic heterocycles. The molecule has 144 valence electrons. The number of carbonyl (C=O) groups excluding carboxylic acids is 1. The van der Waals surface area contributed by atoms with Crippen molar-refractivity contribution in [1.29, 1.82) is 0 Å². The third-order valence-corrected chi connectivity index (χ3v) is 7.21. The number of hydrogen-bond donors (Lipinski definition) is 2. The second kappa shape index (κ2) is 8.57. The number of sulfone groups is 1. The summed E-state index contributed by atoms with van der Waals surface area (Å²) >= 11 is 0. The molecule has 1 saturated carbocycles. The molecular weight excluding hydrogens is 360 g/mol. The molecule has 0 bridgehead atoms. The number of nitrogens with two attached hydrogens (primary N) is 1. The van der Waals surface area contributed by atoms with Crippen LogP contribution in [0.3, 0.4) is 0 Å². The number of hydrogen-bond acceptors (Lipinski definition) is 4. The third kappa shape index (κ3) is 5.57. The summed E-state index contributed by atoms with van der Waals surface area (Å²) in [4.78, 5) is 12.3. The van der Waals surface area contributed by atoms with Crippen LogP contribution in [0.5, 0.6) is 0 Å². The fraction of sp³-hybridized carbons (Fsp3) is 0.381. The van der Waals surface area contributed by atoms with Crippen LogP contribution in [-0.4, -0.2) is 19.6 Å². The van der Waals surface area contributed by atoms with Crippen molar-refractivity contribution >= 4 is 27.1 Å². The van der Waals surface area contributed by atoms with E-state index in [-0.39, 0.29) is 23.3 Å². The Hall–Kier alpha value is -2.34. The van der Waals surface area contributed by atoms with E-state index < -0.39 is 9.84 Å². The van der Waals surface area contributed by atoms with Crippen molar-refractivity contribution < 1.29 is 13.2 Å². The van der Waals surface area contributed by atoms with Crippen molar-refractivity contribution in [1.82, 2.24) is 0 Å². The zero-order valence-corrected chi connectivity index (χ0v) is 16.2. The fourth-order valence-corrected chi connectivity index (χ4v) is 5.47. The van der Waals surface area contributed by atoms with Gasteiger partial charge in [-0.05, 0) is 48.2 Å². The largest absolute Gasteiger partial charge is 0.399 e. The molecule has 2 aromatic carbocycles. The van der Waals surface area contributed by atoms with Gasteiger partial charge >= 0.3 is 0 Å². The summed E-state index contributed by atoms with van der Waals surface area (Å²) in [5.74, 6) is -0.119. The van der Waals surface area contributed by atoms with E-state index in [1.807, 2.05) is 12.1 Å². The third-order valence-electron chi connectivity index (χ3n) is 4.98. The van der Waals surface area contributed by atoms with E-state index in [0.717, 1.165) is 37.7 Å². The van der Waals surface area contributed by atoms with Crippen molar-refractivity contribution in [2.24, 2.45) is 0 Å². The molecule has 27 heavy (non-hydrogen) atoms. The number of nitrogens with one attached hydrogen (secondary N) is 1. The molecule has 5 nitrogen and oxygen atoms in total. The lowest BCUT2D eigenvalue weighted by Gasteiger charge is -2.21. The van der Waals surface area contributed by atoms with Crippen LogP contribution in [0.25, 0.3) is 0 Å². The first kappa shape index (κ1) is 19.4.